The van der Waals surface area contributed by atoms with Crippen LogP contribution in [0.5, 0.6) is 0 Å². The van der Waals surface area contributed by atoms with Crippen LogP contribution in [0.3, 0.4) is 0 Å². The second-order valence-corrected chi connectivity index (χ2v) is 5.94. The van der Waals surface area contributed by atoms with E-state index in [0.29, 0.717) is 37.9 Å². The number of hydrogen-bond donors (Lipinski definition) is 2. The Morgan fingerprint density at radius 1 is 1.42 bits per heavy atom. The third-order valence-electron chi connectivity index (χ3n) is 4.17. The van der Waals surface area contributed by atoms with E-state index in [1.807, 2.05) is 0 Å². The Morgan fingerprint density at radius 3 is 2.67 bits per heavy atom. The predicted octanol–water partition coefficient (Wildman–Crippen LogP) is 1.54. The number of rotatable bonds is 5. The van der Waals surface area contributed by atoms with Crippen LogP contribution >= 0.6 is 12.4 Å². The number of alkyl halides is 3. The molecule has 136 valence electrons. The number of hydrogen-bond acceptors (Lipinski definition) is 5. The molecule has 1 saturated heterocycles. The number of nitrogens with one attached hydrogen (secondary N) is 2. The molecule has 1 saturated carbocycles. The maximum atomic E-state index is 13.2. The minimum atomic E-state index is -4.40. The third-order valence-corrected chi connectivity index (χ3v) is 4.17. The van der Waals surface area contributed by atoms with Gasteiger partial charge in [0.1, 0.15) is 11.8 Å². The second kappa shape index (κ2) is 7.71. The van der Waals surface area contributed by atoms with Crippen molar-refractivity contribution in [2.45, 2.75) is 31.0 Å². The van der Waals surface area contributed by atoms with Crippen LogP contribution in [-0.2, 0) is 0 Å². The van der Waals surface area contributed by atoms with Crippen LogP contribution in [0.2, 0.25) is 0 Å². The van der Waals surface area contributed by atoms with Gasteiger partial charge in [-0.2, -0.15) is 13.2 Å². The van der Waals surface area contributed by atoms with Gasteiger partial charge in [-0.15, -0.1) is 12.4 Å². The summed E-state index contributed by atoms with van der Waals surface area (Å²) in [5.41, 5.74) is 0.0353. The lowest BCUT2D eigenvalue weighted by Crippen LogP contribution is -2.57. The molecule has 0 aromatic carbocycles. The zero-order chi connectivity index (χ0) is 16.4. The minimum absolute atomic E-state index is 0. The van der Waals surface area contributed by atoms with Gasteiger partial charge in [-0.05, 0) is 12.8 Å². The maximum absolute atomic E-state index is 13.2. The zero-order valence-electron chi connectivity index (χ0n) is 12.9. The molecule has 1 atom stereocenters. The molecule has 1 aromatic rings. The van der Waals surface area contributed by atoms with Crippen LogP contribution in [-0.4, -0.2) is 60.9 Å². The first-order valence-corrected chi connectivity index (χ1v) is 7.71. The highest BCUT2D eigenvalue weighted by molar-refractivity contribution is 5.92. The van der Waals surface area contributed by atoms with E-state index >= 15 is 0 Å². The standard InChI is InChI=1S/C14H19F3N4O2.ClH/c15-14(16,17)12(21-5-3-18-4-6-21)8-19-13(22)10-7-11(23-20-10)9-1-2-9;/h7,9,12,18H,1-6,8H2,(H,19,22);1H. The molecule has 2 heterocycles. The van der Waals surface area contributed by atoms with Crippen LogP contribution in [0.15, 0.2) is 10.6 Å². The first kappa shape index (κ1) is 19.0. The van der Waals surface area contributed by atoms with Crippen LogP contribution < -0.4 is 10.6 Å². The molecular formula is C14H20ClF3N4O2. The van der Waals surface area contributed by atoms with E-state index < -0.39 is 24.7 Å². The van der Waals surface area contributed by atoms with Crippen molar-refractivity contribution in [1.29, 1.82) is 0 Å². The summed E-state index contributed by atoms with van der Waals surface area (Å²) in [4.78, 5) is 13.3. The van der Waals surface area contributed by atoms with Gasteiger partial charge in [0.2, 0.25) is 0 Å². The zero-order valence-corrected chi connectivity index (χ0v) is 13.8. The number of nitrogens with zero attached hydrogens (tertiary/aromatic N) is 2. The van der Waals surface area contributed by atoms with Crippen LogP contribution in [0, 0.1) is 0 Å². The summed E-state index contributed by atoms with van der Waals surface area (Å²) in [6.45, 7) is 1.13. The molecule has 1 amide bonds. The van der Waals surface area contributed by atoms with Gasteiger partial charge in [-0.25, -0.2) is 0 Å². The minimum Gasteiger partial charge on any atom is -0.360 e. The predicted molar refractivity (Wildman–Crippen MR) is 82.3 cm³/mol. The normalized spacial score (nSPS) is 20.3. The number of amides is 1. The molecule has 1 aromatic heterocycles. The van der Waals surface area contributed by atoms with Crippen LogP contribution in [0.1, 0.15) is 35.0 Å². The molecule has 3 rings (SSSR count). The molecule has 0 bridgehead atoms. The quantitative estimate of drug-likeness (QED) is 0.825. The van der Waals surface area contributed by atoms with Gasteiger partial charge >= 0.3 is 6.18 Å². The fraction of sp³-hybridized carbons (Fsp3) is 0.714. The van der Waals surface area contributed by atoms with Gasteiger partial charge in [0.15, 0.2) is 5.69 Å². The Morgan fingerprint density at radius 2 is 2.08 bits per heavy atom. The molecular weight excluding hydrogens is 349 g/mol. The summed E-state index contributed by atoms with van der Waals surface area (Å²) in [6, 6.07) is -0.177. The monoisotopic (exact) mass is 368 g/mol. The highest BCUT2D eigenvalue weighted by Crippen LogP contribution is 2.40. The molecule has 1 unspecified atom stereocenters. The molecule has 10 heteroatoms. The summed E-state index contributed by atoms with van der Waals surface area (Å²) in [5.74, 6) is 0.294. The highest BCUT2D eigenvalue weighted by atomic mass is 35.5. The molecule has 2 N–H and O–H groups in total. The van der Waals surface area contributed by atoms with Crippen molar-refractivity contribution in [2.24, 2.45) is 0 Å². The highest BCUT2D eigenvalue weighted by Gasteiger charge is 2.44. The first-order chi connectivity index (χ1) is 10.9. The van der Waals surface area contributed by atoms with E-state index in [9.17, 15) is 18.0 Å². The lowest BCUT2D eigenvalue weighted by Gasteiger charge is -2.35. The molecule has 6 nitrogen and oxygen atoms in total. The number of halogens is 4. The lowest BCUT2D eigenvalue weighted by atomic mass is 10.2. The first-order valence-electron chi connectivity index (χ1n) is 7.71. The van der Waals surface area contributed by atoms with Crippen molar-refractivity contribution in [1.82, 2.24) is 20.7 Å². The molecule has 1 aliphatic carbocycles. The van der Waals surface area contributed by atoms with Crippen molar-refractivity contribution in [3.8, 4) is 0 Å². The fourth-order valence-corrected chi connectivity index (χ4v) is 2.68. The van der Waals surface area contributed by atoms with E-state index in [0.717, 1.165) is 12.8 Å². The van der Waals surface area contributed by atoms with Gasteiger partial charge in [-0.3, -0.25) is 9.69 Å². The van der Waals surface area contributed by atoms with Crippen molar-refractivity contribution in [2.75, 3.05) is 32.7 Å². The molecule has 2 fully saturated rings. The van der Waals surface area contributed by atoms with Crippen molar-refractivity contribution in [3.63, 3.8) is 0 Å². The van der Waals surface area contributed by atoms with E-state index in [1.54, 1.807) is 0 Å². The van der Waals surface area contributed by atoms with E-state index in [-0.39, 0.29) is 18.1 Å². The van der Waals surface area contributed by atoms with Gasteiger partial charge in [0, 0.05) is 44.7 Å². The topological polar surface area (TPSA) is 70.4 Å². The average molecular weight is 369 g/mol. The van der Waals surface area contributed by atoms with Crippen molar-refractivity contribution >= 4 is 18.3 Å². The van der Waals surface area contributed by atoms with Crippen LogP contribution in [0.4, 0.5) is 13.2 Å². The Bertz CT molecular complexity index is 556. The van der Waals surface area contributed by atoms with E-state index in [1.165, 1.54) is 11.0 Å². The average Bonchev–Trinajstić information content (AvgIpc) is 3.24. The molecule has 0 radical (unpaired) electrons. The number of aromatic nitrogens is 1. The number of piperazine rings is 1. The smallest absolute Gasteiger partial charge is 0.360 e. The summed E-state index contributed by atoms with van der Waals surface area (Å²) >= 11 is 0. The second-order valence-electron chi connectivity index (χ2n) is 5.94. The summed E-state index contributed by atoms with van der Waals surface area (Å²) in [6.07, 6.45) is -2.40. The number of carbonyl (C=O) groups is 1. The maximum Gasteiger partial charge on any atom is 0.405 e. The van der Waals surface area contributed by atoms with Gasteiger partial charge < -0.3 is 15.2 Å². The molecule has 2 aliphatic rings. The summed E-state index contributed by atoms with van der Waals surface area (Å²) in [7, 11) is 0. The van der Waals surface area contributed by atoms with Crippen LogP contribution in [0.25, 0.3) is 0 Å². The van der Waals surface area contributed by atoms with E-state index in [2.05, 4.69) is 15.8 Å². The largest absolute Gasteiger partial charge is 0.405 e. The third kappa shape index (κ3) is 4.61. The van der Waals surface area contributed by atoms with Crippen molar-refractivity contribution < 1.29 is 22.5 Å². The fourth-order valence-electron chi connectivity index (χ4n) is 2.68. The summed E-state index contributed by atoms with van der Waals surface area (Å²) < 4.78 is 44.7. The molecule has 1 aliphatic heterocycles. The molecule has 24 heavy (non-hydrogen) atoms. The number of carbonyl (C=O) groups excluding carboxylic acids is 1. The van der Waals surface area contributed by atoms with Gasteiger partial charge in [0.25, 0.3) is 5.91 Å². The summed E-state index contributed by atoms with van der Waals surface area (Å²) in [5, 5.41) is 8.98. The lowest BCUT2D eigenvalue weighted by molar-refractivity contribution is -0.183. The van der Waals surface area contributed by atoms with Crippen molar-refractivity contribution in [3.05, 3.63) is 17.5 Å². The van der Waals surface area contributed by atoms with E-state index in [4.69, 9.17) is 4.52 Å². The Balaban J connectivity index is 0.00000208. The van der Waals surface area contributed by atoms with Gasteiger partial charge in [-0.1, -0.05) is 5.16 Å². The Kier molecular flexibility index (Phi) is 6.11. The molecule has 0 spiro atoms. The SMILES string of the molecule is Cl.O=C(NCC(N1CCNCC1)C(F)(F)F)c1cc(C2CC2)on1. The Labute approximate surface area is 143 Å². The Hall–Kier alpha value is -1.32. The van der Waals surface area contributed by atoms with Gasteiger partial charge in [0.05, 0.1) is 0 Å².